The van der Waals surface area contributed by atoms with E-state index in [1.54, 1.807) is 19.2 Å². The predicted octanol–water partition coefficient (Wildman–Crippen LogP) is 2.95. The Hall–Kier alpha value is -2.34. The third-order valence-corrected chi connectivity index (χ3v) is 3.09. The standard InChI is InChI=1S/C15H13BrN4O/c1-9-7-19-13(8-18-9)15(21)20-11(3)14-12(10(2)16)5-4-6-17-14/h4-8H,2-3H2,1H3,(H,20,21). The van der Waals surface area contributed by atoms with Crippen LogP contribution in [-0.4, -0.2) is 20.9 Å². The van der Waals surface area contributed by atoms with Gasteiger partial charge in [-0.15, -0.1) is 0 Å². The Labute approximate surface area is 131 Å². The fraction of sp³-hybridized carbons (Fsp3) is 0.0667. The van der Waals surface area contributed by atoms with E-state index in [1.807, 2.05) is 6.07 Å². The molecule has 0 unspecified atom stereocenters. The topological polar surface area (TPSA) is 67.8 Å². The Morgan fingerprint density at radius 3 is 2.62 bits per heavy atom. The fourth-order valence-corrected chi connectivity index (χ4v) is 1.95. The van der Waals surface area contributed by atoms with Gasteiger partial charge in [0.25, 0.3) is 5.91 Å². The van der Waals surface area contributed by atoms with Crippen LogP contribution in [0.3, 0.4) is 0 Å². The van der Waals surface area contributed by atoms with E-state index < -0.39 is 0 Å². The highest BCUT2D eigenvalue weighted by atomic mass is 79.9. The number of nitrogens with zero attached hydrogens (tertiary/aromatic N) is 3. The Kier molecular flexibility index (Phi) is 4.59. The van der Waals surface area contributed by atoms with Gasteiger partial charge in [-0.25, -0.2) is 4.98 Å². The molecule has 21 heavy (non-hydrogen) atoms. The maximum Gasteiger partial charge on any atom is 0.275 e. The van der Waals surface area contributed by atoms with E-state index in [-0.39, 0.29) is 11.6 Å². The number of hydrogen-bond acceptors (Lipinski definition) is 4. The van der Waals surface area contributed by atoms with Gasteiger partial charge in [-0.3, -0.25) is 14.8 Å². The lowest BCUT2D eigenvalue weighted by molar-refractivity contribution is 0.0968. The molecule has 0 aliphatic heterocycles. The molecule has 106 valence electrons. The molecule has 0 fully saturated rings. The smallest absolute Gasteiger partial charge is 0.275 e. The number of carbonyl (C=O) groups excluding carboxylic acids is 1. The van der Waals surface area contributed by atoms with E-state index in [9.17, 15) is 4.79 Å². The van der Waals surface area contributed by atoms with Crippen molar-refractivity contribution in [1.29, 1.82) is 0 Å². The van der Waals surface area contributed by atoms with Crippen molar-refractivity contribution in [2.75, 3.05) is 0 Å². The first-order chi connectivity index (χ1) is 9.99. The highest BCUT2D eigenvalue weighted by Crippen LogP contribution is 2.24. The maximum atomic E-state index is 12.1. The van der Waals surface area contributed by atoms with Crippen molar-refractivity contribution in [2.24, 2.45) is 0 Å². The van der Waals surface area contributed by atoms with Crippen molar-refractivity contribution in [3.63, 3.8) is 0 Å². The molecule has 0 aromatic carbocycles. The van der Waals surface area contributed by atoms with Gasteiger partial charge in [-0.2, -0.15) is 0 Å². The molecule has 0 saturated heterocycles. The van der Waals surface area contributed by atoms with Crippen LogP contribution in [0.4, 0.5) is 0 Å². The van der Waals surface area contributed by atoms with E-state index in [0.717, 1.165) is 11.3 Å². The number of rotatable bonds is 4. The quantitative estimate of drug-likeness (QED) is 0.925. The van der Waals surface area contributed by atoms with Gasteiger partial charge in [0, 0.05) is 22.4 Å². The fourth-order valence-electron chi connectivity index (χ4n) is 1.63. The van der Waals surface area contributed by atoms with E-state index in [4.69, 9.17) is 0 Å². The summed E-state index contributed by atoms with van der Waals surface area (Å²) in [6, 6.07) is 3.62. The minimum atomic E-state index is -0.385. The number of hydrogen-bond donors (Lipinski definition) is 1. The monoisotopic (exact) mass is 344 g/mol. The molecule has 1 N–H and O–H groups in total. The Morgan fingerprint density at radius 2 is 2.00 bits per heavy atom. The zero-order valence-corrected chi connectivity index (χ0v) is 13.0. The summed E-state index contributed by atoms with van der Waals surface area (Å²) in [6.45, 7) is 9.46. The van der Waals surface area contributed by atoms with Crippen LogP contribution in [0, 0.1) is 6.92 Å². The number of nitrogens with one attached hydrogen (secondary N) is 1. The first-order valence-corrected chi connectivity index (χ1v) is 6.87. The molecule has 2 heterocycles. The first kappa shape index (κ1) is 15.1. The van der Waals surface area contributed by atoms with Crippen molar-refractivity contribution in [1.82, 2.24) is 20.3 Å². The Bertz CT molecular complexity index is 710. The molecule has 0 aliphatic carbocycles. The molecule has 0 bridgehead atoms. The van der Waals surface area contributed by atoms with Gasteiger partial charge >= 0.3 is 0 Å². The summed E-state index contributed by atoms with van der Waals surface area (Å²) >= 11 is 3.31. The lowest BCUT2D eigenvalue weighted by Crippen LogP contribution is -2.23. The molecule has 2 aromatic heterocycles. The lowest BCUT2D eigenvalue weighted by atomic mass is 10.1. The van der Waals surface area contributed by atoms with Gasteiger partial charge in [0.1, 0.15) is 5.69 Å². The van der Waals surface area contributed by atoms with Gasteiger partial charge in [0.2, 0.25) is 0 Å². The summed E-state index contributed by atoms with van der Waals surface area (Å²) in [6.07, 6.45) is 4.57. The summed E-state index contributed by atoms with van der Waals surface area (Å²) in [5.41, 5.74) is 2.65. The summed E-state index contributed by atoms with van der Waals surface area (Å²) in [7, 11) is 0. The molecule has 0 saturated carbocycles. The zero-order valence-electron chi connectivity index (χ0n) is 11.4. The van der Waals surface area contributed by atoms with Crippen LogP contribution in [0.2, 0.25) is 0 Å². The number of carbonyl (C=O) groups is 1. The summed E-state index contributed by atoms with van der Waals surface area (Å²) in [5, 5.41) is 2.67. The number of amides is 1. The SMILES string of the molecule is C=C(Br)c1cccnc1C(=C)NC(=O)c1cnc(C)cn1. The molecule has 2 rings (SSSR count). The molecular formula is C15H13BrN4O. The van der Waals surface area contributed by atoms with E-state index in [2.05, 4.69) is 49.4 Å². The van der Waals surface area contributed by atoms with Crippen molar-refractivity contribution >= 4 is 32.0 Å². The molecule has 1 amide bonds. The second-order valence-corrected chi connectivity index (χ2v) is 5.24. The number of pyridine rings is 1. The Balaban J connectivity index is 2.20. The second-order valence-electron chi connectivity index (χ2n) is 4.28. The van der Waals surface area contributed by atoms with Gasteiger partial charge in [-0.1, -0.05) is 35.2 Å². The Morgan fingerprint density at radius 1 is 1.24 bits per heavy atom. The minimum Gasteiger partial charge on any atom is -0.319 e. The molecule has 0 radical (unpaired) electrons. The van der Waals surface area contributed by atoms with E-state index >= 15 is 0 Å². The van der Waals surface area contributed by atoms with Crippen LogP contribution in [0.5, 0.6) is 0 Å². The highest BCUT2D eigenvalue weighted by Gasteiger charge is 2.13. The lowest BCUT2D eigenvalue weighted by Gasteiger charge is -2.11. The van der Waals surface area contributed by atoms with Crippen molar-refractivity contribution in [2.45, 2.75) is 6.92 Å². The molecule has 6 heteroatoms. The number of aromatic nitrogens is 3. The van der Waals surface area contributed by atoms with E-state index in [1.165, 1.54) is 12.4 Å². The van der Waals surface area contributed by atoms with Gasteiger partial charge in [0.05, 0.1) is 23.3 Å². The van der Waals surface area contributed by atoms with Crippen LogP contribution in [-0.2, 0) is 0 Å². The normalized spacial score (nSPS) is 10.0. The molecule has 5 nitrogen and oxygen atoms in total. The van der Waals surface area contributed by atoms with Gasteiger partial charge in [-0.05, 0) is 13.0 Å². The molecule has 0 aliphatic rings. The molecule has 0 spiro atoms. The van der Waals surface area contributed by atoms with Crippen molar-refractivity contribution < 1.29 is 4.79 Å². The average molecular weight is 345 g/mol. The third kappa shape index (κ3) is 3.61. The minimum absolute atomic E-state index is 0.219. The summed E-state index contributed by atoms with van der Waals surface area (Å²) in [5.74, 6) is -0.385. The summed E-state index contributed by atoms with van der Waals surface area (Å²) in [4.78, 5) is 24.4. The maximum absolute atomic E-state index is 12.1. The van der Waals surface area contributed by atoms with Crippen LogP contribution in [0.25, 0.3) is 10.2 Å². The summed E-state index contributed by atoms with van der Waals surface area (Å²) < 4.78 is 0.663. The largest absolute Gasteiger partial charge is 0.319 e. The molecular weight excluding hydrogens is 332 g/mol. The van der Waals surface area contributed by atoms with Crippen LogP contribution < -0.4 is 5.32 Å². The van der Waals surface area contributed by atoms with Crippen molar-refractivity contribution in [3.8, 4) is 0 Å². The van der Waals surface area contributed by atoms with Crippen LogP contribution in [0.15, 0.2) is 43.9 Å². The van der Waals surface area contributed by atoms with Gasteiger partial charge < -0.3 is 5.32 Å². The van der Waals surface area contributed by atoms with Crippen molar-refractivity contribution in [3.05, 3.63) is 66.5 Å². The molecule has 0 atom stereocenters. The van der Waals surface area contributed by atoms with Crippen LogP contribution in [0.1, 0.15) is 27.4 Å². The number of halogens is 1. The third-order valence-electron chi connectivity index (χ3n) is 2.66. The first-order valence-electron chi connectivity index (χ1n) is 6.08. The second kappa shape index (κ2) is 6.41. The average Bonchev–Trinajstić information content (AvgIpc) is 2.47. The van der Waals surface area contributed by atoms with Crippen LogP contribution >= 0.6 is 15.9 Å². The zero-order chi connectivity index (χ0) is 15.4. The van der Waals surface area contributed by atoms with E-state index in [0.29, 0.717) is 15.9 Å². The highest BCUT2D eigenvalue weighted by molar-refractivity contribution is 9.15. The predicted molar refractivity (Wildman–Crippen MR) is 85.5 cm³/mol. The molecule has 2 aromatic rings. The number of aryl methyl sites for hydroxylation is 1. The van der Waals surface area contributed by atoms with Gasteiger partial charge in [0.15, 0.2) is 0 Å².